The SMILES string of the molecule is CCC1CC(c2ccccc2C(=O)O)CCC1=O. The van der Waals surface area contributed by atoms with Crippen LogP contribution in [-0.2, 0) is 4.79 Å². The van der Waals surface area contributed by atoms with Gasteiger partial charge in [0, 0.05) is 12.3 Å². The van der Waals surface area contributed by atoms with Crippen LogP contribution in [-0.4, -0.2) is 16.9 Å². The van der Waals surface area contributed by atoms with Crippen LogP contribution in [0.25, 0.3) is 0 Å². The Kier molecular flexibility index (Phi) is 3.80. The summed E-state index contributed by atoms with van der Waals surface area (Å²) in [6.45, 7) is 2.02. The van der Waals surface area contributed by atoms with Crippen molar-refractivity contribution in [2.75, 3.05) is 0 Å². The van der Waals surface area contributed by atoms with Gasteiger partial charge in [-0.2, -0.15) is 0 Å². The summed E-state index contributed by atoms with van der Waals surface area (Å²) in [7, 11) is 0. The van der Waals surface area contributed by atoms with Crippen LogP contribution >= 0.6 is 0 Å². The molecule has 1 N–H and O–H groups in total. The number of hydrogen-bond acceptors (Lipinski definition) is 2. The minimum absolute atomic E-state index is 0.102. The zero-order valence-corrected chi connectivity index (χ0v) is 10.6. The molecule has 0 bridgehead atoms. The smallest absolute Gasteiger partial charge is 0.335 e. The number of hydrogen-bond donors (Lipinski definition) is 1. The lowest BCUT2D eigenvalue weighted by molar-refractivity contribution is -0.125. The summed E-state index contributed by atoms with van der Waals surface area (Å²) in [5, 5.41) is 9.20. The summed E-state index contributed by atoms with van der Waals surface area (Å²) in [5.74, 6) is -0.234. The molecule has 1 aliphatic rings. The molecule has 0 saturated heterocycles. The molecule has 1 aliphatic carbocycles. The highest BCUT2D eigenvalue weighted by Gasteiger charge is 2.30. The number of ketones is 1. The molecule has 0 spiro atoms. The maximum atomic E-state index is 11.7. The molecule has 0 aromatic heterocycles. The Labute approximate surface area is 107 Å². The Morgan fingerprint density at radius 1 is 1.39 bits per heavy atom. The van der Waals surface area contributed by atoms with E-state index in [1.807, 2.05) is 19.1 Å². The van der Waals surface area contributed by atoms with Crippen molar-refractivity contribution in [3.63, 3.8) is 0 Å². The van der Waals surface area contributed by atoms with Gasteiger partial charge in [0.25, 0.3) is 0 Å². The fourth-order valence-corrected chi connectivity index (χ4v) is 2.84. The van der Waals surface area contributed by atoms with Gasteiger partial charge in [-0.25, -0.2) is 4.79 Å². The third-order valence-corrected chi connectivity index (χ3v) is 3.89. The molecule has 1 fully saturated rings. The van der Waals surface area contributed by atoms with E-state index in [0.29, 0.717) is 17.8 Å². The second-order valence-electron chi connectivity index (χ2n) is 4.94. The van der Waals surface area contributed by atoms with Gasteiger partial charge >= 0.3 is 5.97 Å². The molecule has 3 heteroatoms. The summed E-state index contributed by atoms with van der Waals surface area (Å²) >= 11 is 0. The van der Waals surface area contributed by atoms with Crippen LogP contribution in [0.15, 0.2) is 24.3 Å². The predicted molar refractivity (Wildman–Crippen MR) is 68.8 cm³/mol. The summed E-state index contributed by atoms with van der Waals surface area (Å²) in [6, 6.07) is 7.16. The zero-order chi connectivity index (χ0) is 13.1. The lowest BCUT2D eigenvalue weighted by atomic mass is 9.75. The van der Waals surface area contributed by atoms with Crippen molar-refractivity contribution < 1.29 is 14.7 Å². The van der Waals surface area contributed by atoms with E-state index >= 15 is 0 Å². The van der Waals surface area contributed by atoms with Crippen LogP contribution in [0.2, 0.25) is 0 Å². The zero-order valence-electron chi connectivity index (χ0n) is 10.6. The van der Waals surface area contributed by atoms with Gasteiger partial charge in [0.15, 0.2) is 0 Å². The highest BCUT2D eigenvalue weighted by atomic mass is 16.4. The summed E-state index contributed by atoms with van der Waals surface area (Å²) in [6.07, 6.45) is 3.00. The van der Waals surface area contributed by atoms with E-state index < -0.39 is 5.97 Å². The maximum absolute atomic E-state index is 11.7. The molecule has 2 rings (SSSR count). The van der Waals surface area contributed by atoms with Crippen LogP contribution in [0.5, 0.6) is 0 Å². The lowest BCUT2D eigenvalue weighted by Crippen LogP contribution is -2.24. The molecule has 2 atom stereocenters. The summed E-state index contributed by atoms with van der Waals surface area (Å²) in [5.41, 5.74) is 1.27. The quantitative estimate of drug-likeness (QED) is 0.890. The molecule has 0 amide bonds. The van der Waals surface area contributed by atoms with Crippen LogP contribution < -0.4 is 0 Å². The van der Waals surface area contributed by atoms with Crippen molar-refractivity contribution in [3.8, 4) is 0 Å². The third kappa shape index (κ3) is 2.45. The molecule has 18 heavy (non-hydrogen) atoms. The van der Waals surface area contributed by atoms with Gasteiger partial charge in [-0.3, -0.25) is 4.79 Å². The average molecular weight is 246 g/mol. The van der Waals surface area contributed by atoms with Gasteiger partial charge in [0.1, 0.15) is 5.78 Å². The lowest BCUT2D eigenvalue weighted by Gasteiger charge is -2.28. The van der Waals surface area contributed by atoms with Crippen molar-refractivity contribution in [2.24, 2.45) is 5.92 Å². The van der Waals surface area contributed by atoms with Gasteiger partial charge in [-0.15, -0.1) is 0 Å². The van der Waals surface area contributed by atoms with Crippen LogP contribution in [0, 0.1) is 5.92 Å². The fourth-order valence-electron chi connectivity index (χ4n) is 2.84. The van der Waals surface area contributed by atoms with Crippen LogP contribution in [0.3, 0.4) is 0 Å². The van der Waals surface area contributed by atoms with Gasteiger partial charge in [-0.05, 0) is 36.8 Å². The molecule has 0 heterocycles. The first-order chi connectivity index (χ1) is 8.63. The fraction of sp³-hybridized carbons (Fsp3) is 0.467. The van der Waals surface area contributed by atoms with Crippen LogP contribution in [0.1, 0.15) is 54.4 Å². The second kappa shape index (κ2) is 5.34. The highest BCUT2D eigenvalue weighted by Crippen LogP contribution is 2.37. The third-order valence-electron chi connectivity index (χ3n) is 3.89. The standard InChI is InChI=1S/C15H18O3/c1-2-10-9-11(7-8-14(10)16)12-5-3-4-6-13(12)15(17)18/h3-6,10-11H,2,7-9H2,1H3,(H,17,18). The first kappa shape index (κ1) is 12.8. The molecule has 0 aliphatic heterocycles. The molecule has 2 unspecified atom stereocenters. The van der Waals surface area contributed by atoms with Gasteiger partial charge in [-0.1, -0.05) is 25.1 Å². The van der Waals surface area contributed by atoms with E-state index in [4.69, 9.17) is 0 Å². The Morgan fingerprint density at radius 3 is 2.78 bits per heavy atom. The van der Waals surface area contributed by atoms with E-state index in [2.05, 4.69) is 0 Å². The van der Waals surface area contributed by atoms with Crippen molar-refractivity contribution in [1.29, 1.82) is 0 Å². The van der Waals surface area contributed by atoms with Crippen molar-refractivity contribution in [2.45, 2.75) is 38.5 Å². The number of carbonyl (C=O) groups is 2. The van der Waals surface area contributed by atoms with Crippen molar-refractivity contribution in [1.82, 2.24) is 0 Å². The number of benzene rings is 1. The van der Waals surface area contributed by atoms with E-state index in [9.17, 15) is 14.7 Å². The molecule has 96 valence electrons. The van der Waals surface area contributed by atoms with Gasteiger partial charge in [0.2, 0.25) is 0 Å². The van der Waals surface area contributed by atoms with Crippen LogP contribution in [0.4, 0.5) is 0 Å². The van der Waals surface area contributed by atoms with E-state index in [0.717, 1.165) is 24.8 Å². The number of rotatable bonds is 3. The second-order valence-corrected chi connectivity index (χ2v) is 4.94. The Bertz CT molecular complexity index is 465. The minimum Gasteiger partial charge on any atom is -0.478 e. The monoisotopic (exact) mass is 246 g/mol. The normalized spacial score (nSPS) is 23.9. The first-order valence-electron chi connectivity index (χ1n) is 6.48. The minimum atomic E-state index is -0.879. The van der Waals surface area contributed by atoms with Crippen molar-refractivity contribution in [3.05, 3.63) is 35.4 Å². The predicted octanol–water partition coefficient (Wildman–Crippen LogP) is 3.25. The van der Waals surface area contributed by atoms with Gasteiger partial charge in [0.05, 0.1) is 5.56 Å². The largest absolute Gasteiger partial charge is 0.478 e. The Morgan fingerprint density at radius 2 is 2.11 bits per heavy atom. The van der Waals surface area contributed by atoms with E-state index in [1.165, 1.54) is 0 Å². The number of carboxylic acid groups (broad SMARTS) is 1. The van der Waals surface area contributed by atoms with Gasteiger partial charge < -0.3 is 5.11 Å². The van der Waals surface area contributed by atoms with E-state index in [1.54, 1.807) is 12.1 Å². The number of carbonyl (C=O) groups excluding carboxylic acids is 1. The highest BCUT2D eigenvalue weighted by molar-refractivity contribution is 5.90. The maximum Gasteiger partial charge on any atom is 0.335 e. The summed E-state index contributed by atoms with van der Waals surface area (Å²) in [4.78, 5) is 22.9. The first-order valence-corrected chi connectivity index (χ1v) is 6.48. The topological polar surface area (TPSA) is 54.4 Å². The average Bonchev–Trinajstić information content (AvgIpc) is 2.39. The summed E-state index contributed by atoms with van der Waals surface area (Å²) < 4.78 is 0. The Hall–Kier alpha value is -1.64. The molecular formula is C15H18O3. The molecule has 0 radical (unpaired) electrons. The van der Waals surface area contributed by atoms with Crippen molar-refractivity contribution >= 4 is 11.8 Å². The Balaban J connectivity index is 2.27. The van der Waals surface area contributed by atoms with E-state index in [-0.39, 0.29) is 11.8 Å². The molecular weight excluding hydrogens is 228 g/mol. The molecule has 1 aromatic rings. The molecule has 3 nitrogen and oxygen atoms in total. The number of Topliss-reactive ketones (excluding diaryl/α,β-unsaturated/α-hetero) is 1. The number of carboxylic acids is 1. The molecule has 1 saturated carbocycles. The number of aromatic carboxylic acids is 1. The molecule has 1 aromatic carbocycles.